The van der Waals surface area contributed by atoms with Gasteiger partial charge in [0.25, 0.3) is 11.5 Å². The standard InChI is InChI=1S/C27H26ClF2N5O2/c1-16-6-17(8-18(28)7-16)22-11-31-25-24(23(22)13-34(2)12-19-10-27(29,30)14-32-19)26(37)35(15-33-25)20-4-3-5-21(36)9-20/h3-9,11,15,19,32,36H,10,12-14H2,1-2H3/t19-/m0/s1. The van der Waals surface area contributed by atoms with Gasteiger partial charge in [0.15, 0.2) is 5.65 Å². The molecule has 5 rings (SSSR count). The number of hydrogen-bond acceptors (Lipinski definition) is 6. The fourth-order valence-corrected chi connectivity index (χ4v) is 5.21. The molecule has 7 nitrogen and oxygen atoms in total. The summed E-state index contributed by atoms with van der Waals surface area (Å²) in [6.45, 7) is 2.26. The molecule has 1 saturated heterocycles. The maximum atomic E-state index is 13.8. The van der Waals surface area contributed by atoms with E-state index in [0.29, 0.717) is 40.3 Å². The number of pyridine rings is 1. The van der Waals surface area contributed by atoms with Crippen molar-refractivity contribution in [1.82, 2.24) is 24.8 Å². The molecule has 1 fully saturated rings. The van der Waals surface area contributed by atoms with Crippen LogP contribution in [0.4, 0.5) is 8.78 Å². The van der Waals surface area contributed by atoms with E-state index in [1.807, 2.05) is 37.1 Å². The van der Waals surface area contributed by atoms with Crippen LogP contribution in [0.15, 0.2) is 59.8 Å². The molecule has 0 bridgehead atoms. The quantitative estimate of drug-likeness (QED) is 0.384. The fourth-order valence-electron chi connectivity index (χ4n) is 4.92. The lowest BCUT2D eigenvalue weighted by molar-refractivity contribution is 0.0201. The van der Waals surface area contributed by atoms with E-state index in [1.54, 1.807) is 18.3 Å². The number of aromatic hydroxyl groups is 1. The van der Waals surface area contributed by atoms with Gasteiger partial charge >= 0.3 is 0 Å². The minimum Gasteiger partial charge on any atom is -0.508 e. The summed E-state index contributed by atoms with van der Waals surface area (Å²) >= 11 is 6.36. The zero-order valence-corrected chi connectivity index (χ0v) is 21.1. The largest absolute Gasteiger partial charge is 0.508 e. The number of aryl methyl sites for hydroxylation is 1. The molecule has 37 heavy (non-hydrogen) atoms. The van der Waals surface area contributed by atoms with E-state index in [-0.39, 0.29) is 36.0 Å². The molecule has 10 heteroatoms. The number of phenols is 1. The van der Waals surface area contributed by atoms with Gasteiger partial charge in [0.05, 0.1) is 17.6 Å². The van der Waals surface area contributed by atoms with Gasteiger partial charge in [0.1, 0.15) is 12.1 Å². The maximum absolute atomic E-state index is 13.8. The first-order valence-electron chi connectivity index (χ1n) is 11.9. The molecule has 2 aromatic carbocycles. The number of aromatic nitrogens is 3. The summed E-state index contributed by atoms with van der Waals surface area (Å²) < 4.78 is 28.9. The Hall–Kier alpha value is -3.40. The highest BCUT2D eigenvalue weighted by atomic mass is 35.5. The van der Waals surface area contributed by atoms with E-state index in [2.05, 4.69) is 15.3 Å². The fraction of sp³-hybridized carbons (Fsp3) is 0.296. The van der Waals surface area contributed by atoms with E-state index >= 15 is 0 Å². The van der Waals surface area contributed by atoms with Crippen LogP contribution in [0.1, 0.15) is 17.5 Å². The smallest absolute Gasteiger partial charge is 0.267 e. The predicted molar refractivity (Wildman–Crippen MR) is 140 cm³/mol. The summed E-state index contributed by atoms with van der Waals surface area (Å²) in [5.41, 5.74) is 3.51. The van der Waals surface area contributed by atoms with Crippen molar-refractivity contribution in [1.29, 1.82) is 0 Å². The zero-order chi connectivity index (χ0) is 26.3. The van der Waals surface area contributed by atoms with Crippen LogP contribution in [0, 0.1) is 6.92 Å². The Labute approximate surface area is 217 Å². The topological polar surface area (TPSA) is 83.3 Å². The molecular weight excluding hydrogens is 500 g/mol. The van der Waals surface area contributed by atoms with Gasteiger partial charge in [-0.1, -0.05) is 23.7 Å². The van der Waals surface area contributed by atoms with Gasteiger partial charge < -0.3 is 15.3 Å². The monoisotopic (exact) mass is 525 g/mol. The normalized spacial score (nSPS) is 17.1. The Balaban J connectivity index is 1.65. The van der Waals surface area contributed by atoms with Crippen molar-refractivity contribution < 1.29 is 13.9 Å². The summed E-state index contributed by atoms with van der Waals surface area (Å²) in [5.74, 6) is -2.70. The number of rotatable bonds is 6. The van der Waals surface area contributed by atoms with Crippen molar-refractivity contribution in [3.63, 3.8) is 0 Å². The number of likely N-dealkylation sites (N-methyl/N-ethyl adjacent to an activating group) is 1. The van der Waals surface area contributed by atoms with Crippen molar-refractivity contribution in [2.75, 3.05) is 20.1 Å². The van der Waals surface area contributed by atoms with Crippen LogP contribution in [-0.2, 0) is 6.54 Å². The lowest BCUT2D eigenvalue weighted by atomic mass is 9.97. The molecule has 1 atom stereocenters. The maximum Gasteiger partial charge on any atom is 0.267 e. The number of halogens is 3. The molecule has 0 spiro atoms. The first kappa shape index (κ1) is 25.3. The molecule has 1 aliphatic heterocycles. The molecule has 1 aliphatic rings. The number of nitrogens with one attached hydrogen (secondary N) is 1. The summed E-state index contributed by atoms with van der Waals surface area (Å²) in [4.78, 5) is 24.6. The van der Waals surface area contributed by atoms with Crippen LogP contribution >= 0.6 is 11.6 Å². The molecule has 0 saturated carbocycles. The summed E-state index contributed by atoms with van der Waals surface area (Å²) in [6, 6.07) is 11.6. The van der Waals surface area contributed by atoms with Crippen LogP contribution in [0.5, 0.6) is 5.75 Å². The highest BCUT2D eigenvalue weighted by Crippen LogP contribution is 2.32. The Bertz CT molecular complexity index is 1520. The number of benzene rings is 2. The Morgan fingerprint density at radius 1 is 1.24 bits per heavy atom. The minimum absolute atomic E-state index is 0.0200. The van der Waals surface area contributed by atoms with Gasteiger partial charge in [0.2, 0.25) is 0 Å². The van der Waals surface area contributed by atoms with Gasteiger partial charge in [0, 0.05) is 48.4 Å². The third kappa shape index (κ3) is 5.34. The second kappa shape index (κ2) is 9.81. The Kier molecular flexibility index (Phi) is 6.70. The van der Waals surface area contributed by atoms with Crippen molar-refractivity contribution in [2.24, 2.45) is 0 Å². The van der Waals surface area contributed by atoms with E-state index in [1.165, 1.54) is 23.0 Å². The minimum atomic E-state index is -2.72. The van der Waals surface area contributed by atoms with Crippen molar-refractivity contribution in [2.45, 2.75) is 31.9 Å². The number of alkyl halides is 2. The second-order valence-corrected chi connectivity index (χ2v) is 10.1. The lowest BCUT2D eigenvalue weighted by Gasteiger charge is -2.23. The number of nitrogens with zero attached hydrogens (tertiary/aromatic N) is 4. The first-order valence-corrected chi connectivity index (χ1v) is 12.2. The average Bonchev–Trinajstić information content (AvgIpc) is 3.16. The van der Waals surface area contributed by atoms with E-state index in [4.69, 9.17) is 11.6 Å². The van der Waals surface area contributed by atoms with Crippen LogP contribution in [0.2, 0.25) is 5.02 Å². The van der Waals surface area contributed by atoms with Crippen LogP contribution < -0.4 is 10.9 Å². The van der Waals surface area contributed by atoms with Crippen LogP contribution in [0.3, 0.4) is 0 Å². The van der Waals surface area contributed by atoms with Gasteiger partial charge in [-0.3, -0.25) is 9.36 Å². The SMILES string of the molecule is Cc1cc(Cl)cc(-c2cnc3ncn(-c4cccc(O)c4)c(=O)c3c2CN(C)C[C@@H]2CC(F)(F)CN2)c1. The van der Waals surface area contributed by atoms with Gasteiger partial charge in [-0.05, 0) is 54.9 Å². The third-order valence-electron chi connectivity index (χ3n) is 6.51. The molecule has 2 aromatic heterocycles. The molecule has 192 valence electrons. The lowest BCUT2D eigenvalue weighted by Crippen LogP contribution is -2.35. The molecule has 4 aromatic rings. The number of phenolic OH excluding ortho intramolecular Hbond substituents is 1. The first-order chi connectivity index (χ1) is 17.6. The summed E-state index contributed by atoms with van der Waals surface area (Å²) in [6.07, 6.45) is 2.82. The summed E-state index contributed by atoms with van der Waals surface area (Å²) in [5, 5.41) is 13.7. The molecule has 0 amide bonds. The second-order valence-electron chi connectivity index (χ2n) is 9.64. The van der Waals surface area contributed by atoms with Crippen LogP contribution in [-0.4, -0.2) is 56.6 Å². The molecule has 3 heterocycles. The van der Waals surface area contributed by atoms with E-state index in [0.717, 1.165) is 11.1 Å². The average molecular weight is 526 g/mol. The van der Waals surface area contributed by atoms with Gasteiger partial charge in [-0.25, -0.2) is 18.7 Å². The van der Waals surface area contributed by atoms with Crippen molar-refractivity contribution >= 4 is 22.6 Å². The zero-order valence-electron chi connectivity index (χ0n) is 20.4. The number of hydrogen-bond donors (Lipinski definition) is 2. The Morgan fingerprint density at radius 2 is 2.05 bits per heavy atom. The Morgan fingerprint density at radius 3 is 2.76 bits per heavy atom. The highest BCUT2D eigenvalue weighted by molar-refractivity contribution is 6.31. The van der Waals surface area contributed by atoms with Gasteiger partial charge in [-0.15, -0.1) is 0 Å². The van der Waals surface area contributed by atoms with Crippen molar-refractivity contribution in [3.8, 4) is 22.6 Å². The third-order valence-corrected chi connectivity index (χ3v) is 6.73. The molecule has 0 unspecified atom stereocenters. The van der Waals surface area contributed by atoms with Crippen LogP contribution in [0.25, 0.3) is 27.8 Å². The van der Waals surface area contributed by atoms with Crippen molar-refractivity contribution in [3.05, 3.63) is 81.5 Å². The highest BCUT2D eigenvalue weighted by Gasteiger charge is 2.39. The van der Waals surface area contributed by atoms with E-state index < -0.39 is 5.92 Å². The molecule has 0 aliphatic carbocycles. The number of fused-ring (bicyclic) bond motifs is 1. The predicted octanol–water partition coefficient (Wildman–Crippen LogP) is 4.54. The van der Waals surface area contributed by atoms with Gasteiger partial charge in [-0.2, -0.15) is 0 Å². The molecular formula is C27H26ClF2N5O2. The van der Waals surface area contributed by atoms with E-state index in [9.17, 15) is 18.7 Å². The molecule has 0 radical (unpaired) electrons. The summed E-state index contributed by atoms with van der Waals surface area (Å²) in [7, 11) is 1.83. The molecule has 2 N–H and O–H groups in total.